The Morgan fingerprint density at radius 1 is 1.19 bits per heavy atom. The van der Waals surface area contributed by atoms with Crippen LogP contribution in [0.4, 0.5) is 0 Å². The number of aromatic nitrogens is 3. The van der Waals surface area contributed by atoms with E-state index >= 15 is 0 Å². The quantitative estimate of drug-likeness (QED) is 0.792. The minimum absolute atomic E-state index is 0.0118. The maximum atomic E-state index is 12.3. The molecule has 1 saturated heterocycles. The van der Waals surface area contributed by atoms with Crippen molar-refractivity contribution in [3.63, 3.8) is 0 Å². The van der Waals surface area contributed by atoms with Gasteiger partial charge in [0.05, 0.1) is 0 Å². The van der Waals surface area contributed by atoms with Crippen LogP contribution in [0.2, 0.25) is 0 Å². The van der Waals surface area contributed by atoms with E-state index in [-0.39, 0.29) is 28.9 Å². The zero-order valence-corrected chi connectivity index (χ0v) is 13.3. The van der Waals surface area contributed by atoms with E-state index in [0.29, 0.717) is 5.92 Å². The molecule has 3 rings (SSSR count). The third-order valence-corrected chi connectivity index (χ3v) is 4.20. The summed E-state index contributed by atoms with van der Waals surface area (Å²) in [7, 11) is 0. The van der Waals surface area contributed by atoms with Crippen molar-refractivity contribution in [3.05, 3.63) is 11.6 Å². The van der Waals surface area contributed by atoms with Crippen LogP contribution in [0.15, 0.2) is 0 Å². The maximum absolute atomic E-state index is 12.3. The molecule has 0 atom stereocenters. The summed E-state index contributed by atoms with van der Waals surface area (Å²) in [5.41, 5.74) is 0.0236. The Bertz CT molecular complexity index is 528. The number of hydrogen-bond donors (Lipinski definition) is 3. The summed E-state index contributed by atoms with van der Waals surface area (Å²) in [5, 5.41) is 13.6. The standard InChI is InChI=1S/C15H25N5O/c1-14(2)7-10(8-15(3,4)20-14)16-13(21)12-17-11(18-19-12)9-5-6-9/h9-10,20H,5-8H2,1-4H3,(H,16,21)(H,17,18,19). The van der Waals surface area contributed by atoms with Gasteiger partial charge in [-0.25, -0.2) is 4.98 Å². The summed E-state index contributed by atoms with van der Waals surface area (Å²) >= 11 is 0. The maximum Gasteiger partial charge on any atom is 0.291 e. The molecule has 2 heterocycles. The number of aromatic amines is 1. The minimum atomic E-state index is -0.170. The van der Waals surface area contributed by atoms with Gasteiger partial charge in [-0.05, 0) is 53.4 Å². The summed E-state index contributed by atoms with van der Waals surface area (Å²) < 4.78 is 0. The summed E-state index contributed by atoms with van der Waals surface area (Å²) in [6.07, 6.45) is 4.10. The molecule has 0 spiro atoms. The Labute approximate surface area is 125 Å². The highest BCUT2D eigenvalue weighted by Crippen LogP contribution is 2.37. The molecule has 1 saturated carbocycles. The number of rotatable bonds is 3. The SMILES string of the molecule is CC1(C)CC(NC(=O)c2n[nH]c(C3CC3)n2)CC(C)(C)N1. The largest absolute Gasteiger partial charge is 0.346 e. The molecule has 1 aliphatic heterocycles. The molecule has 1 aliphatic carbocycles. The molecule has 0 aromatic carbocycles. The van der Waals surface area contributed by atoms with Crippen molar-refractivity contribution in [1.82, 2.24) is 25.8 Å². The molecule has 3 N–H and O–H groups in total. The van der Waals surface area contributed by atoms with Crippen LogP contribution in [-0.2, 0) is 0 Å². The Morgan fingerprint density at radius 3 is 2.38 bits per heavy atom. The number of amides is 1. The van der Waals surface area contributed by atoms with Gasteiger partial charge in [-0.1, -0.05) is 0 Å². The molecule has 6 nitrogen and oxygen atoms in total. The summed E-state index contributed by atoms with van der Waals surface area (Å²) in [5.74, 6) is 1.43. The molecule has 2 aliphatic rings. The van der Waals surface area contributed by atoms with E-state index in [1.807, 2.05) is 0 Å². The highest BCUT2D eigenvalue weighted by Gasteiger charge is 2.38. The first kappa shape index (κ1) is 14.5. The number of carbonyl (C=O) groups is 1. The number of carbonyl (C=O) groups excluding carboxylic acids is 1. The smallest absolute Gasteiger partial charge is 0.291 e. The molecule has 0 bridgehead atoms. The van der Waals surface area contributed by atoms with Gasteiger partial charge in [0.25, 0.3) is 5.91 Å². The summed E-state index contributed by atoms with van der Waals surface area (Å²) in [6, 6.07) is 0.145. The second-order valence-corrected chi connectivity index (χ2v) is 7.79. The molecule has 1 amide bonds. The number of nitrogens with one attached hydrogen (secondary N) is 3. The normalized spacial score (nSPS) is 24.8. The predicted molar refractivity (Wildman–Crippen MR) is 80.1 cm³/mol. The van der Waals surface area contributed by atoms with Gasteiger partial charge in [-0.15, -0.1) is 5.10 Å². The van der Waals surface area contributed by atoms with Gasteiger partial charge in [-0.2, -0.15) is 0 Å². The Morgan fingerprint density at radius 2 is 1.81 bits per heavy atom. The zero-order valence-electron chi connectivity index (χ0n) is 13.3. The van der Waals surface area contributed by atoms with Crippen molar-refractivity contribution >= 4 is 5.91 Å². The van der Waals surface area contributed by atoms with Crippen molar-refractivity contribution in [2.75, 3.05) is 0 Å². The minimum Gasteiger partial charge on any atom is -0.346 e. The predicted octanol–water partition coefficient (Wildman–Crippen LogP) is 1.72. The third-order valence-electron chi connectivity index (χ3n) is 4.20. The first-order valence-electron chi connectivity index (χ1n) is 7.77. The van der Waals surface area contributed by atoms with E-state index in [4.69, 9.17) is 0 Å². The van der Waals surface area contributed by atoms with E-state index in [0.717, 1.165) is 31.5 Å². The second kappa shape index (κ2) is 4.80. The Kier molecular flexibility index (Phi) is 3.31. The van der Waals surface area contributed by atoms with E-state index in [2.05, 4.69) is 53.5 Å². The van der Waals surface area contributed by atoms with Gasteiger partial charge >= 0.3 is 0 Å². The number of piperidine rings is 1. The van der Waals surface area contributed by atoms with Gasteiger partial charge in [0, 0.05) is 23.0 Å². The summed E-state index contributed by atoms with van der Waals surface area (Å²) in [6.45, 7) is 8.69. The van der Waals surface area contributed by atoms with Crippen molar-refractivity contribution < 1.29 is 4.79 Å². The molecule has 1 aromatic rings. The van der Waals surface area contributed by atoms with Gasteiger partial charge in [0.2, 0.25) is 5.82 Å². The van der Waals surface area contributed by atoms with Gasteiger partial charge in [0.1, 0.15) is 5.82 Å². The molecule has 21 heavy (non-hydrogen) atoms. The van der Waals surface area contributed by atoms with Gasteiger partial charge in [-0.3, -0.25) is 9.89 Å². The Balaban J connectivity index is 1.65. The lowest BCUT2D eigenvalue weighted by Gasteiger charge is -2.46. The molecule has 1 aromatic heterocycles. The molecule has 2 fully saturated rings. The van der Waals surface area contributed by atoms with E-state index < -0.39 is 0 Å². The van der Waals surface area contributed by atoms with Crippen LogP contribution < -0.4 is 10.6 Å². The molecule has 0 radical (unpaired) electrons. The molecule has 6 heteroatoms. The lowest BCUT2D eigenvalue weighted by atomic mass is 9.79. The first-order chi connectivity index (χ1) is 9.74. The van der Waals surface area contributed by atoms with Crippen LogP contribution in [0, 0.1) is 0 Å². The fraction of sp³-hybridized carbons (Fsp3) is 0.800. The van der Waals surface area contributed by atoms with Crippen molar-refractivity contribution in [3.8, 4) is 0 Å². The highest BCUT2D eigenvalue weighted by molar-refractivity contribution is 5.90. The molecular formula is C15H25N5O. The van der Waals surface area contributed by atoms with E-state index in [1.165, 1.54) is 0 Å². The fourth-order valence-electron chi connectivity index (χ4n) is 3.59. The van der Waals surface area contributed by atoms with Crippen LogP contribution in [0.3, 0.4) is 0 Å². The third kappa shape index (κ3) is 3.43. The number of hydrogen-bond acceptors (Lipinski definition) is 4. The lowest BCUT2D eigenvalue weighted by Crippen LogP contribution is -2.62. The lowest BCUT2D eigenvalue weighted by molar-refractivity contribution is 0.0863. The van der Waals surface area contributed by atoms with E-state index in [9.17, 15) is 4.79 Å². The Hall–Kier alpha value is -1.43. The van der Waals surface area contributed by atoms with Crippen LogP contribution in [-0.4, -0.2) is 38.2 Å². The zero-order chi connectivity index (χ0) is 15.3. The van der Waals surface area contributed by atoms with E-state index in [1.54, 1.807) is 0 Å². The van der Waals surface area contributed by atoms with Crippen molar-refractivity contribution in [2.45, 2.75) is 76.4 Å². The van der Waals surface area contributed by atoms with Crippen molar-refractivity contribution in [2.24, 2.45) is 0 Å². The van der Waals surface area contributed by atoms with Crippen LogP contribution in [0.5, 0.6) is 0 Å². The second-order valence-electron chi connectivity index (χ2n) is 7.79. The van der Waals surface area contributed by atoms with Crippen LogP contribution in [0.25, 0.3) is 0 Å². The summed E-state index contributed by atoms with van der Waals surface area (Å²) in [4.78, 5) is 16.6. The van der Waals surface area contributed by atoms with Gasteiger partial charge < -0.3 is 10.6 Å². The fourth-order valence-corrected chi connectivity index (χ4v) is 3.59. The average Bonchev–Trinajstić information content (AvgIpc) is 3.02. The monoisotopic (exact) mass is 291 g/mol. The topological polar surface area (TPSA) is 82.7 Å². The first-order valence-corrected chi connectivity index (χ1v) is 7.77. The average molecular weight is 291 g/mol. The number of nitrogens with zero attached hydrogens (tertiary/aromatic N) is 2. The van der Waals surface area contributed by atoms with Gasteiger partial charge in [0.15, 0.2) is 0 Å². The van der Waals surface area contributed by atoms with Crippen LogP contribution in [0.1, 0.15) is 75.7 Å². The highest BCUT2D eigenvalue weighted by atomic mass is 16.2. The molecule has 116 valence electrons. The van der Waals surface area contributed by atoms with Crippen molar-refractivity contribution in [1.29, 1.82) is 0 Å². The number of H-pyrrole nitrogens is 1. The molecular weight excluding hydrogens is 266 g/mol. The molecule has 0 unspecified atom stereocenters. The van der Waals surface area contributed by atoms with Crippen LogP contribution >= 0.6 is 0 Å².